The van der Waals surface area contributed by atoms with Crippen molar-refractivity contribution in [2.45, 2.75) is 39.2 Å². The number of esters is 1. The number of benzene rings is 1. The van der Waals surface area contributed by atoms with Gasteiger partial charge in [-0.1, -0.05) is 19.1 Å². The van der Waals surface area contributed by atoms with Crippen LogP contribution < -0.4 is 0 Å². The Morgan fingerprint density at radius 1 is 1.47 bits per heavy atom. The summed E-state index contributed by atoms with van der Waals surface area (Å²) in [5, 5.41) is 0. The van der Waals surface area contributed by atoms with Gasteiger partial charge in [0.2, 0.25) is 0 Å². The van der Waals surface area contributed by atoms with Gasteiger partial charge in [-0.25, -0.2) is 4.79 Å². The minimum atomic E-state index is -1.00. The Morgan fingerprint density at radius 3 is 2.76 bits per heavy atom. The van der Waals surface area contributed by atoms with E-state index >= 15 is 0 Å². The number of rotatable bonds is 2. The van der Waals surface area contributed by atoms with Crippen LogP contribution in [0.25, 0.3) is 0 Å². The average Bonchev–Trinajstić information content (AvgIpc) is 2.28. The number of fused-ring (bicyclic) bond motifs is 1. The molecule has 0 N–H and O–H groups in total. The molecule has 1 aromatic rings. The Bertz CT molecular complexity index is 490. The molecule has 1 aromatic carbocycles. The molecule has 0 aliphatic carbocycles. The molecule has 3 nitrogen and oxygen atoms in total. The minimum Gasteiger partial charge on any atom is -0.447 e. The smallest absolute Gasteiger partial charge is 0.339 e. The van der Waals surface area contributed by atoms with Crippen LogP contribution >= 0.6 is 0 Å². The van der Waals surface area contributed by atoms with Crippen molar-refractivity contribution < 1.29 is 14.3 Å². The van der Waals surface area contributed by atoms with E-state index in [0.29, 0.717) is 12.0 Å². The van der Waals surface area contributed by atoms with Gasteiger partial charge in [0.05, 0.1) is 5.56 Å². The van der Waals surface area contributed by atoms with Crippen LogP contribution in [0, 0.1) is 0 Å². The highest BCUT2D eigenvalue weighted by atomic mass is 16.6. The number of carbonyl (C=O) groups excluding carboxylic acids is 2. The zero-order valence-electron chi connectivity index (χ0n) is 10.4. The predicted octanol–water partition coefficient (Wildman–Crippen LogP) is 2.31. The van der Waals surface area contributed by atoms with Gasteiger partial charge in [0, 0.05) is 6.42 Å². The number of Topliss-reactive ketones (excluding diaryl/α,β-unsaturated/α-hetero) is 1. The Morgan fingerprint density at radius 2 is 2.18 bits per heavy atom. The largest absolute Gasteiger partial charge is 0.447 e. The summed E-state index contributed by atoms with van der Waals surface area (Å²) < 4.78 is 5.27. The molecule has 2 rings (SSSR count). The number of carbonyl (C=O) groups is 2. The summed E-state index contributed by atoms with van der Waals surface area (Å²) in [4.78, 5) is 23.5. The summed E-state index contributed by atoms with van der Waals surface area (Å²) in [5.74, 6) is -0.498. The Labute approximate surface area is 101 Å². The number of hydrogen-bond donors (Lipinski definition) is 0. The molecule has 90 valence electrons. The fourth-order valence-corrected chi connectivity index (χ4v) is 2.20. The van der Waals surface area contributed by atoms with E-state index in [2.05, 4.69) is 0 Å². The van der Waals surface area contributed by atoms with Crippen molar-refractivity contribution in [1.82, 2.24) is 0 Å². The van der Waals surface area contributed by atoms with Crippen LogP contribution in [-0.4, -0.2) is 17.4 Å². The molecule has 3 heteroatoms. The summed E-state index contributed by atoms with van der Waals surface area (Å²) in [6.45, 7) is 5.19. The van der Waals surface area contributed by atoms with Gasteiger partial charge in [-0.2, -0.15) is 0 Å². The van der Waals surface area contributed by atoms with Crippen LogP contribution in [0.3, 0.4) is 0 Å². The standard InChI is InChI=1S/C14H16O3/c1-4-10-6-5-7-11-12(10)8-14(3,9(2)15)17-13(11)16/h5-7H,4,8H2,1-3H3. The summed E-state index contributed by atoms with van der Waals surface area (Å²) in [5.41, 5.74) is 1.67. The minimum absolute atomic E-state index is 0.109. The van der Waals surface area contributed by atoms with Gasteiger partial charge in [0.1, 0.15) is 0 Å². The van der Waals surface area contributed by atoms with E-state index in [1.165, 1.54) is 6.92 Å². The van der Waals surface area contributed by atoms with Crippen LogP contribution in [0.15, 0.2) is 18.2 Å². The maximum absolute atomic E-state index is 11.9. The molecule has 0 saturated carbocycles. The molecule has 1 aliphatic heterocycles. The molecule has 0 spiro atoms. The number of cyclic esters (lactones) is 1. The Balaban J connectivity index is 2.55. The lowest BCUT2D eigenvalue weighted by molar-refractivity contribution is -0.135. The molecule has 0 bridgehead atoms. The van der Waals surface area contributed by atoms with Crippen LogP contribution in [-0.2, 0) is 22.4 Å². The van der Waals surface area contributed by atoms with Crippen LogP contribution in [0.2, 0.25) is 0 Å². The summed E-state index contributed by atoms with van der Waals surface area (Å²) in [6.07, 6.45) is 1.33. The van der Waals surface area contributed by atoms with E-state index in [0.717, 1.165) is 17.5 Å². The first kappa shape index (κ1) is 11.8. The van der Waals surface area contributed by atoms with Crippen molar-refractivity contribution in [3.8, 4) is 0 Å². The average molecular weight is 232 g/mol. The molecular formula is C14H16O3. The third-order valence-electron chi connectivity index (χ3n) is 3.45. The molecule has 0 fully saturated rings. The van der Waals surface area contributed by atoms with E-state index in [1.54, 1.807) is 13.0 Å². The van der Waals surface area contributed by atoms with Gasteiger partial charge in [0.25, 0.3) is 0 Å². The lowest BCUT2D eigenvalue weighted by Gasteiger charge is -2.33. The van der Waals surface area contributed by atoms with Crippen LogP contribution in [0.1, 0.15) is 42.3 Å². The van der Waals surface area contributed by atoms with E-state index in [1.807, 2.05) is 19.1 Å². The SMILES string of the molecule is CCc1cccc2c1CC(C)(C(C)=O)OC2=O. The highest BCUT2D eigenvalue weighted by Crippen LogP contribution is 2.31. The molecule has 0 radical (unpaired) electrons. The first-order chi connectivity index (χ1) is 7.98. The maximum atomic E-state index is 11.9. The molecule has 0 saturated heterocycles. The fourth-order valence-electron chi connectivity index (χ4n) is 2.20. The van der Waals surface area contributed by atoms with Crippen molar-refractivity contribution in [2.24, 2.45) is 0 Å². The first-order valence-corrected chi connectivity index (χ1v) is 5.83. The van der Waals surface area contributed by atoms with Crippen molar-refractivity contribution in [3.63, 3.8) is 0 Å². The van der Waals surface area contributed by atoms with Gasteiger partial charge in [-0.15, -0.1) is 0 Å². The lowest BCUT2D eigenvalue weighted by atomic mass is 9.84. The first-order valence-electron chi connectivity index (χ1n) is 5.83. The quantitative estimate of drug-likeness (QED) is 0.735. The zero-order chi connectivity index (χ0) is 12.6. The number of aryl methyl sites for hydroxylation is 1. The summed E-state index contributed by atoms with van der Waals surface area (Å²) in [7, 11) is 0. The van der Waals surface area contributed by atoms with Gasteiger partial charge < -0.3 is 4.74 Å². The Kier molecular flexibility index (Phi) is 2.77. The second-order valence-corrected chi connectivity index (χ2v) is 4.65. The van der Waals surface area contributed by atoms with Gasteiger partial charge in [-0.3, -0.25) is 4.79 Å². The molecule has 0 amide bonds. The number of ketones is 1. The predicted molar refractivity (Wildman–Crippen MR) is 64.0 cm³/mol. The zero-order valence-corrected chi connectivity index (χ0v) is 10.4. The summed E-state index contributed by atoms with van der Waals surface area (Å²) in [6, 6.07) is 5.61. The highest BCUT2D eigenvalue weighted by molar-refractivity contribution is 5.97. The third-order valence-corrected chi connectivity index (χ3v) is 3.45. The van der Waals surface area contributed by atoms with Gasteiger partial charge >= 0.3 is 5.97 Å². The molecular weight excluding hydrogens is 216 g/mol. The van der Waals surface area contributed by atoms with Crippen molar-refractivity contribution in [1.29, 1.82) is 0 Å². The normalized spacial score (nSPS) is 22.9. The second-order valence-electron chi connectivity index (χ2n) is 4.65. The topological polar surface area (TPSA) is 43.4 Å². The molecule has 1 unspecified atom stereocenters. The number of ether oxygens (including phenoxy) is 1. The van der Waals surface area contributed by atoms with E-state index in [9.17, 15) is 9.59 Å². The van der Waals surface area contributed by atoms with Crippen LogP contribution in [0.4, 0.5) is 0 Å². The van der Waals surface area contributed by atoms with Crippen LogP contribution in [0.5, 0.6) is 0 Å². The monoisotopic (exact) mass is 232 g/mol. The Hall–Kier alpha value is -1.64. The lowest BCUT2D eigenvalue weighted by Crippen LogP contribution is -2.45. The molecule has 17 heavy (non-hydrogen) atoms. The maximum Gasteiger partial charge on any atom is 0.339 e. The molecule has 1 atom stereocenters. The highest BCUT2D eigenvalue weighted by Gasteiger charge is 2.40. The second kappa shape index (κ2) is 3.99. The number of hydrogen-bond acceptors (Lipinski definition) is 3. The van der Waals surface area contributed by atoms with Gasteiger partial charge in [0.15, 0.2) is 11.4 Å². The van der Waals surface area contributed by atoms with E-state index in [-0.39, 0.29) is 11.8 Å². The van der Waals surface area contributed by atoms with Crippen molar-refractivity contribution in [3.05, 3.63) is 34.9 Å². The van der Waals surface area contributed by atoms with E-state index in [4.69, 9.17) is 4.74 Å². The molecule has 1 aliphatic rings. The van der Waals surface area contributed by atoms with Gasteiger partial charge in [-0.05, 0) is 37.5 Å². The van der Waals surface area contributed by atoms with Crippen molar-refractivity contribution in [2.75, 3.05) is 0 Å². The van der Waals surface area contributed by atoms with E-state index < -0.39 is 5.60 Å². The summed E-state index contributed by atoms with van der Waals surface area (Å²) >= 11 is 0. The molecule has 0 aromatic heterocycles. The third kappa shape index (κ3) is 1.86. The molecule has 1 heterocycles. The van der Waals surface area contributed by atoms with Crippen molar-refractivity contribution >= 4 is 11.8 Å². The fraction of sp³-hybridized carbons (Fsp3) is 0.429.